The molecule has 10 nitrogen and oxygen atoms in total. The third-order valence-corrected chi connectivity index (χ3v) is 12.2. The molecule has 56 heavy (non-hydrogen) atoms. The monoisotopic (exact) mass is 837 g/mol. The summed E-state index contributed by atoms with van der Waals surface area (Å²) in [4.78, 5) is 26.7. The Kier molecular flexibility index (Phi) is 12.2. The number of amides is 1. The number of sulfonamides is 1. The zero-order valence-electron chi connectivity index (χ0n) is 31.4. The Balaban J connectivity index is 1.46. The summed E-state index contributed by atoms with van der Waals surface area (Å²) in [5.41, 5.74) is 0.931. The van der Waals surface area contributed by atoms with Crippen molar-refractivity contribution >= 4 is 37.7 Å². The normalized spacial score (nSPS) is 17.4. The zero-order chi connectivity index (χ0) is 40.1. The van der Waals surface area contributed by atoms with Gasteiger partial charge in [-0.2, -0.15) is 4.31 Å². The van der Waals surface area contributed by atoms with E-state index in [0.717, 1.165) is 38.9 Å². The highest BCUT2D eigenvalue weighted by Crippen LogP contribution is 2.46. The molecule has 1 aliphatic rings. The average Bonchev–Trinajstić information content (AvgIpc) is 3.18. The molecule has 290 valence electrons. The Morgan fingerprint density at radius 3 is 1.80 bits per heavy atom. The van der Waals surface area contributed by atoms with Crippen molar-refractivity contribution in [1.82, 2.24) is 9.21 Å². The number of nitrogens with zero attached hydrogens (tertiary/aromatic N) is 3. The molecule has 1 aliphatic heterocycles. The van der Waals surface area contributed by atoms with Crippen molar-refractivity contribution in [2.45, 2.75) is 54.9 Å². The van der Waals surface area contributed by atoms with E-state index in [4.69, 9.17) is 9.47 Å². The highest BCUT2D eigenvalue weighted by Gasteiger charge is 2.53. The third-order valence-electron chi connectivity index (χ3n) is 9.87. The molecule has 5 aromatic rings. The van der Waals surface area contributed by atoms with Crippen LogP contribution in [0.25, 0.3) is 0 Å². The van der Waals surface area contributed by atoms with E-state index in [1.54, 1.807) is 26.8 Å². The van der Waals surface area contributed by atoms with Crippen molar-refractivity contribution < 1.29 is 27.6 Å². The van der Waals surface area contributed by atoms with Crippen LogP contribution in [0.2, 0.25) is 0 Å². The Labute approximate surface area is 336 Å². The number of likely N-dealkylation sites (tertiary alicyclic amines) is 1. The minimum Gasteiger partial charge on any atom is -0.443 e. The summed E-state index contributed by atoms with van der Waals surface area (Å²) >= 11 is 3.54. The van der Waals surface area contributed by atoms with E-state index < -0.39 is 48.9 Å². The van der Waals surface area contributed by atoms with Crippen LogP contribution in [0.5, 0.6) is 0 Å². The summed E-state index contributed by atoms with van der Waals surface area (Å²) in [7, 11) is -4.81. The molecular formula is C44H44BrN3O7S. The first-order valence-corrected chi connectivity index (χ1v) is 20.4. The van der Waals surface area contributed by atoms with Gasteiger partial charge in [0.15, 0.2) is 4.90 Å². The fourth-order valence-corrected chi connectivity index (χ4v) is 9.20. The van der Waals surface area contributed by atoms with Crippen LogP contribution in [0.1, 0.15) is 48.9 Å². The van der Waals surface area contributed by atoms with E-state index >= 15 is 0 Å². The van der Waals surface area contributed by atoms with Gasteiger partial charge in [-0.25, -0.2) is 13.2 Å². The predicted molar refractivity (Wildman–Crippen MR) is 220 cm³/mol. The smallest absolute Gasteiger partial charge is 0.424 e. The molecule has 0 saturated carbocycles. The van der Waals surface area contributed by atoms with Gasteiger partial charge in [-0.05, 0) is 61.2 Å². The lowest BCUT2D eigenvalue weighted by atomic mass is 9.74. The first kappa shape index (κ1) is 40.5. The van der Waals surface area contributed by atoms with E-state index in [1.165, 1.54) is 12.1 Å². The van der Waals surface area contributed by atoms with Gasteiger partial charge in [0.25, 0.3) is 15.7 Å². The second-order valence-corrected chi connectivity index (χ2v) is 17.3. The van der Waals surface area contributed by atoms with Crippen LogP contribution in [0.3, 0.4) is 0 Å². The molecule has 0 bridgehead atoms. The van der Waals surface area contributed by atoms with Crippen LogP contribution < -0.4 is 0 Å². The number of carbonyl (C=O) groups excluding carboxylic acids is 1. The minimum atomic E-state index is -4.81. The van der Waals surface area contributed by atoms with E-state index in [9.17, 15) is 23.3 Å². The second-order valence-electron chi connectivity index (χ2n) is 14.5. The lowest BCUT2D eigenvalue weighted by Gasteiger charge is -2.56. The number of hydrogen-bond donors (Lipinski definition) is 0. The highest BCUT2D eigenvalue weighted by atomic mass is 79.9. The molecule has 0 radical (unpaired) electrons. The number of para-hydroxylation sites is 1. The van der Waals surface area contributed by atoms with Gasteiger partial charge >= 0.3 is 6.09 Å². The predicted octanol–water partition coefficient (Wildman–Crippen LogP) is 9.31. The molecule has 3 atom stereocenters. The summed E-state index contributed by atoms with van der Waals surface area (Å²) in [5.74, 6) is -0.367. The maximum atomic E-state index is 14.5. The SMILES string of the molecule is C=CCN1[C@H](COC(c2ccccc2)(c2ccccc2)c2ccccc2)[C@H](c2ccc(Br)cc2)[C@@H]1CN(C(=O)OC(C)(C)C)S(=O)(=O)c1ccccc1[N+](=O)[O-]. The number of carbonyl (C=O) groups is 1. The van der Waals surface area contributed by atoms with Gasteiger partial charge in [0.05, 0.1) is 18.1 Å². The number of benzene rings is 5. The third kappa shape index (κ3) is 8.34. The molecule has 0 aliphatic carbocycles. The van der Waals surface area contributed by atoms with Crippen LogP contribution in [-0.2, 0) is 25.1 Å². The fraction of sp³-hybridized carbons (Fsp3) is 0.250. The first-order chi connectivity index (χ1) is 26.8. The number of nitro groups is 1. The molecule has 0 aromatic heterocycles. The number of nitro benzene ring substituents is 1. The van der Waals surface area contributed by atoms with Crippen LogP contribution >= 0.6 is 15.9 Å². The number of hydrogen-bond acceptors (Lipinski definition) is 8. The molecule has 5 aromatic carbocycles. The minimum absolute atomic E-state index is 0.188. The summed E-state index contributed by atoms with van der Waals surface area (Å²) in [6.07, 6.45) is 0.588. The maximum absolute atomic E-state index is 14.5. The highest BCUT2D eigenvalue weighted by molar-refractivity contribution is 9.10. The van der Waals surface area contributed by atoms with E-state index in [2.05, 4.69) is 27.4 Å². The topological polar surface area (TPSA) is 119 Å². The van der Waals surface area contributed by atoms with Gasteiger partial charge in [-0.15, -0.1) is 6.58 Å². The summed E-state index contributed by atoms with van der Waals surface area (Å²) in [6, 6.07) is 41.9. The van der Waals surface area contributed by atoms with Crippen LogP contribution in [-0.4, -0.2) is 66.0 Å². The standard InChI is InChI=1S/C44H44BrN3O7S/c1-5-29-46-38(30-47(42(49)55-43(2,3)4)56(52,53)40-24-16-15-23-37(40)48(50)51)41(32-25-27-36(45)28-26-32)39(46)31-54-44(33-17-9-6-10-18-33,34-19-11-7-12-20-34)35-21-13-8-14-22-35/h5-28,38-39,41H,1,29-31H2,2-4H3/t38-,39+,41+/m0/s1. The van der Waals surface area contributed by atoms with E-state index in [-0.39, 0.29) is 25.1 Å². The van der Waals surface area contributed by atoms with E-state index in [0.29, 0.717) is 10.8 Å². The van der Waals surface area contributed by atoms with Gasteiger partial charge in [-0.1, -0.05) is 137 Å². The molecule has 1 amide bonds. The van der Waals surface area contributed by atoms with Crippen LogP contribution in [0, 0.1) is 10.1 Å². The lowest BCUT2D eigenvalue weighted by molar-refractivity contribution is -0.387. The molecule has 12 heteroatoms. The fourth-order valence-electron chi connectivity index (χ4n) is 7.46. The van der Waals surface area contributed by atoms with Gasteiger partial charge in [0.1, 0.15) is 11.2 Å². The molecule has 0 unspecified atom stereocenters. The van der Waals surface area contributed by atoms with Crippen LogP contribution in [0.4, 0.5) is 10.5 Å². The van der Waals surface area contributed by atoms with Crippen molar-refractivity contribution in [3.05, 3.63) is 189 Å². The second kappa shape index (κ2) is 16.9. The molecule has 0 N–H and O–H groups in total. The first-order valence-electron chi connectivity index (χ1n) is 18.2. The van der Waals surface area contributed by atoms with Crippen molar-refractivity contribution in [3.8, 4) is 0 Å². The zero-order valence-corrected chi connectivity index (χ0v) is 33.8. The molecule has 0 spiro atoms. The molecule has 1 saturated heterocycles. The Morgan fingerprint density at radius 1 is 0.821 bits per heavy atom. The molecular weight excluding hydrogens is 794 g/mol. The van der Waals surface area contributed by atoms with Gasteiger partial charge < -0.3 is 9.47 Å². The van der Waals surface area contributed by atoms with Crippen LogP contribution in [0.15, 0.2) is 162 Å². The van der Waals surface area contributed by atoms with E-state index in [1.807, 2.05) is 115 Å². The van der Waals surface area contributed by atoms with Gasteiger partial charge in [-0.3, -0.25) is 15.0 Å². The quantitative estimate of drug-likeness (QED) is 0.0470. The molecule has 1 heterocycles. The molecule has 6 rings (SSSR count). The lowest BCUT2D eigenvalue weighted by Crippen LogP contribution is -2.68. The Morgan fingerprint density at radius 2 is 1.32 bits per heavy atom. The summed E-state index contributed by atoms with van der Waals surface area (Å²) in [6.45, 7) is 9.05. The Bertz CT molecular complexity index is 2150. The average molecular weight is 839 g/mol. The van der Waals surface area contributed by atoms with Crippen molar-refractivity contribution in [1.29, 1.82) is 0 Å². The number of rotatable bonds is 14. The molecule has 1 fully saturated rings. The van der Waals surface area contributed by atoms with Crippen molar-refractivity contribution in [2.24, 2.45) is 0 Å². The largest absolute Gasteiger partial charge is 0.443 e. The van der Waals surface area contributed by atoms with Crippen molar-refractivity contribution in [3.63, 3.8) is 0 Å². The summed E-state index contributed by atoms with van der Waals surface area (Å²) < 4.78 is 43.4. The van der Waals surface area contributed by atoms with Gasteiger partial charge in [0, 0.05) is 35.1 Å². The Hall–Kier alpha value is -5.14. The van der Waals surface area contributed by atoms with Gasteiger partial charge in [0.2, 0.25) is 0 Å². The number of halogens is 1. The number of ether oxygens (including phenoxy) is 2. The van der Waals surface area contributed by atoms with Crippen molar-refractivity contribution in [2.75, 3.05) is 19.7 Å². The maximum Gasteiger partial charge on any atom is 0.424 e. The summed E-state index contributed by atoms with van der Waals surface area (Å²) in [5, 5.41) is 12.1.